The summed E-state index contributed by atoms with van der Waals surface area (Å²) in [6, 6.07) is 21.6. The van der Waals surface area contributed by atoms with Crippen LogP contribution in [0.15, 0.2) is 88.2 Å². The number of rotatable bonds is 9. The topological polar surface area (TPSA) is 86.8 Å². The van der Waals surface area contributed by atoms with Gasteiger partial charge in [0.05, 0.1) is 10.6 Å². The third kappa shape index (κ3) is 6.29. The number of sulfonamides is 1. The Hall–Kier alpha value is -3.17. The molecule has 0 aliphatic carbocycles. The fraction of sp³-hybridized carbons (Fsp3) is 0.231. The second kappa shape index (κ2) is 11.5. The van der Waals surface area contributed by atoms with Crippen LogP contribution in [0.25, 0.3) is 0 Å². The van der Waals surface area contributed by atoms with Crippen molar-refractivity contribution in [3.05, 3.63) is 94.5 Å². The number of hydrogen-bond donors (Lipinski definition) is 1. The molecule has 0 fully saturated rings. The molecule has 0 bridgehead atoms. The molecule has 3 rings (SSSR count). The maximum atomic E-state index is 13.7. The van der Waals surface area contributed by atoms with Crippen LogP contribution in [0.4, 0.5) is 5.69 Å². The summed E-state index contributed by atoms with van der Waals surface area (Å²) in [5.41, 5.74) is 1.92. The van der Waals surface area contributed by atoms with Crippen LogP contribution in [0, 0.1) is 6.92 Å². The van der Waals surface area contributed by atoms with Gasteiger partial charge in [0, 0.05) is 18.1 Å². The van der Waals surface area contributed by atoms with Gasteiger partial charge in [-0.15, -0.1) is 0 Å². The molecule has 0 radical (unpaired) electrons. The summed E-state index contributed by atoms with van der Waals surface area (Å²) in [7, 11) is -2.56. The van der Waals surface area contributed by atoms with Gasteiger partial charge in [-0.2, -0.15) is 0 Å². The molecule has 2 amide bonds. The molecule has 0 saturated carbocycles. The molecule has 3 aromatic rings. The molecule has 0 aliphatic rings. The van der Waals surface area contributed by atoms with Crippen LogP contribution < -0.4 is 9.62 Å². The van der Waals surface area contributed by atoms with Gasteiger partial charge in [0.25, 0.3) is 10.0 Å². The van der Waals surface area contributed by atoms with E-state index in [2.05, 4.69) is 21.2 Å². The van der Waals surface area contributed by atoms with Crippen molar-refractivity contribution < 1.29 is 18.0 Å². The number of benzene rings is 3. The maximum absolute atomic E-state index is 13.7. The third-order valence-electron chi connectivity index (χ3n) is 5.67. The van der Waals surface area contributed by atoms with E-state index in [1.54, 1.807) is 50.2 Å². The van der Waals surface area contributed by atoms with Crippen molar-refractivity contribution in [3.63, 3.8) is 0 Å². The molecule has 184 valence electrons. The lowest BCUT2D eigenvalue weighted by Crippen LogP contribution is -2.50. The molecule has 0 aromatic heterocycles. The van der Waals surface area contributed by atoms with Crippen LogP contribution in [0.3, 0.4) is 0 Å². The number of nitrogens with one attached hydrogen (secondary N) is 1. The van der Waals surface area contributed by atoms with Crippen molar-refractivity contribution in [2.45, 2.75) is 31.3 Å². The number of carbonyl (C=O) groups is 2. The first-order valence-corrected chi connectivity index (χ1v) is 13.3. The molecule has 1 atom stereocenters. The largest absolute Gasteiger partial charge is 0.357 e. The standard InChI is InChI=1S/C26H28BrN3O4S/c1-19-9-7-8-12-24(19)30(35(33,34)23-10-5-4-6-11-23)18-25(31)29(20(2)26(32)28-3)17-21-13-15-22(27)16-14-21/h4-16,20H,17-18H2,1-3H3,(H,28,32)/t20-/m1/s1. The minimum absolute atomic E-state index is 0.0786. The summed E-state index contributed by atoms with van der Waals surface area (Å²) >= 11 is 3.40. The van der Waals surface area contributed by atoms with Crippen molar-refractivity contribution in [2.75, 3.05) is 17.9 Å². The van der Waals surface area contributed by atoms with E-state index in [1.165, 1.54) is 24.1 Å². The molecule has 0 spiro atoms. The number of para-hydroxylation sites is 1. The number of anilines is 1. The predicted octanol–water partition coefficient (Wildman–Crippen LogP) is 4.12. The Balaban J connectivity index is 2.03. The molecule has 7 nitrogen and oxygen atoms in total. The first-order valence-electron chi connectivity index (χ1n) is 11.0. The highest BCUT2D eigenvalue weighted by atomic mass is 79.9. The van der Waals surface area contributed by atoms with Crippen LogP contribution in [-0.4, -0.2) is 44.8 Å². The first kappa shape index (κ1) is 26.4. The third-order valence-corrected chi connectivity index (χ3v) is 7.98. The summed E-state index contributed by atoms with van der Waals surface area (Å²) in [5.74, 6) is -0.837. The Morgan fingerprint density at radius 2 is 1.54 bits per heavy atom. The fourth-order valence-electron chi connectivity index (χ4n) is 3.65. The molecule has 1 N–H and O–H groups in total. The molecular weight excluding hydrogens is 530 g/mol. The molecular formula is C26H28BrN3O4S. The van der Waals surface area contributed by atoms with E-state index in [1.807, 2.05) is 30.3 Å². The Labute approximate surface area is 214 Å². The van der Waals surface area contributed by atoms with Gasteiger partial charge in [-0.3, -0.25) is 13.9 Å². The second-order valence-electron chi connectivity index (χ2n) is 8.05. The van der Waals surface area contributed by atoms with Crippen molar-refractivity contribution in [1.29, 1.82) is 0 Å². The average Bonchev–Trinajstić information content (AvgIpc) is 2.86. The van der Waals surface area contributed by atoms with Gasteiger partial charge in [0.15, 0.2) is 0 Å². The fourth-order valence-corrected chi connectivity index (χ4v) is 5.42. The van der Waals surface area contributed by atoms with Crippen LogP contribution in [0.1, 0.15) is 18.1 Å². The Morgan fingerprint density at radius 3 is 2.14 bits per heavy atom. The van der Waals surface area contributed by atoms with Gasteiger partial charge >= 0.3 is 0 Å². The van der Waals surface area contributed by atoms with E-state index in [0.717, 1.165) is 14.3 Å². The minimum atomic E-state index is -4.06. The number of nitrogens with zero attached hydrogens (tertiary/aromatic N) is 2. The predicted molar refractivity (Wildman–Crippen MR) is 140 cm³/mol. The number of carbonyl (C=O) groups excluding carboxylic acids is 2. The second-order valence-corrected chi connectivity index (χ2v) is 10.8. The van der Waals surface area contributed by atoms with Crippen LogP contribution in [0.2, 0.25) is 0 Å². The van der Waals surface area contributed by atoms with Gasteiger partial charge < -0.3 is 10.2 Å². The van der Waals surface area contributed by atoms with E-state index < -0.39 is 28.5 Å². The van der Waals surface area contributed by atoms with Crippen molar-refractivity contribution in [2.24, 2.45) is 0 Å². The number of halogens is 1. The SMILES string of the molecule is CNC(=O)[C@@H](C)N(Cc1ccc(Br)cc1)C(=O)CN(c1ccccc1C)S(=O)(=O)c1ccccc1. The number of likely N-dealkylation sites (N-methyl/N-ethyl adjacent to an activating group) is 1. The lowest BCUT2D eigenvalue weighted by atomic mass is 10.1. The summed E-state index contributed by atoms with van der Waals surface area (Å²) in [6.45, 7) is 3.10. The zero-order chi connectivity index (χ0) is 25.6. The van der Waals surface area contributed by atoms with Gasteiger partial charge in [0.2, 0.25) is 11.8 Å². The lowest BCUT2D eigenvalue weighted by Gasteiger charge is -2.32. The summed E-state index contributed by atoms with van der Waals surface area (Å²) in [4.78, 5) is 27.6. The van der Waals surface area contributed by atoms with Crippen LogP contribution in [0.5, 0.6) is 0 Å². The van der Waals surface area contributed by atoms with Crippen LogP contribution >= 0.6 is 15.9 Å². The van der Waals surface area contributed by atoms with Gasteiger partial charge in [-0.1, -0.05) is 64.5 Å². The summed E-state index contributed by atoms with van der Waals surface area (Å²) in [5, 5.41) is 2.57. The molecule has 3 aromatic carbocycles. The molecule has 0 heterocycles. The lowest BCUT2D eigenvalue weighted by molar-refractivity contribution is -0.139. The monoisotopic (exact) mass is 557 g/mol. The highest BCUT2D eigenvalue weighted by molar-refractivity contribution is 9.10. The normalized spacial score (nSPS) is 12.0. The Kier molecular flexibility index (Phi) is 8.69. The first-order chi connectivity index (χ1) is 16.6. The Bertz CT molecular complexity index is 1280. The Morgan fingerprint density at radius 1 is 0.943 bits per heavy atom. The van der Waals surface area contributed by atoms with Crippen molar-refractivity contribution in [3.8, 4) is 0 Å². The van der Waals surface area contributed by atoms with E-state index in [9.17, 15) is 18.0 Å². The zero-order valence-corrected chi connectivity index (χ0v) is 22.2. The molecule has 0 saturated heterocycles. The zero-order valence-electron chi connectivity index (χ0n) is 19.8. The molecule has 35 heavy (non-hydrogen) atoms. The van der Waals surface area contributed by atoms with Gasteiger partial charge in [0.1, 0.15) is 12.6 Å². The molecule has 0 aliphatic heterocycles. The maximum Gasteiger partial charge on any atom is 0.264 e. The van der Waals surface area contributed by atoms with E-state index in [-0.39, 0.29) is 17.3 Å². The average molecular weight is 558 g/mol. The number of aryl methyl sites for hydroxylation is 1. The minimum Gasteiger partial charge on any atom is -0.357 e. The quantitative estimate of drug-likeness (QED) is 0.428. The van der Waals surface area contributed by atoms with Crippen molar-refractivity contribution in [1.82, 2.24) is 10.2 Å². The van der Waals surface area contributed by atoms with Gasteiger partial charge in [-0.05, 0) is 55.3 Å². The van der Waals surface area contributed by atoms with E-state index >= 15 is 0 Å². The van der Waals surface area contributed by atoms with Crippen molar-refractivity contribution >= 4 is 43.5 Å². The van der Waals surface area contributed by atoms with Crippen LogP contribution in [-0.2, 0) is 26.2 Å². The van der Waals surface area contributed by atoms with Gasteiger partial charge in [-0.25, -0.2) is 8.42 Å². The summed E-state index contributed by atoms with van der Waals surface area (Å²) < 4.78 is 29.3. The highest BCUT2D eigenvalue weighted by Gasteiger charge is 2.32. The molecule has 9 heteroatoms. The molecule has 0 unspecified atom stereocenters. The number of amides is 2. The summed E-state index contributed by atoms with van der Waals surface area (Å²) in [6.07, 6.45) is 0. The smallest absolute Gasteiger partial charge is 0.264 e. The van der Waals surface area contributed by atoms with E-state index in [0.29, 0.717) is 11.3 Å². The number of hydrogen-bond acceptors (Lipinski definition) is 4. The highest BCUT2D eigenvalue weighted by Crippen LogP contribution is 2.27. The van der Waals surface area contributed by atoms with E-state index in [4.69, 9.17) is 0 Å².